The zero-order valence-electron chi connectivity index (χ0n) is 5.34. The molecule has 0 fully saturated rings. The molecular weight excluding hydrogens is 210 g/mol. The van der Waals surface area contributed by atoms with E-state index in [9.17, 15) is 0 Å². The molecule has 11 heavy (non-hydrogen) atoms. The minimum atomic E-state index is -5.03. The van der Waals surface area contributed by atoms with Gasteiger partial charge in [-0.05, 0) is 12.1 Å². The van der Waals surface area contributed by atoms with Gasteiger partial charge in [0.2, 0.25) is 0 Å². The summed E-state index contributed by atoms with van der Waals surface area (Å²) in [5, 5.41) is 0. The Morgan fingerprint density at radius 2 is 1.55 bits per heavy atom. The molecular formula is C5H5ClCrNO3. The van der Waals surface area contributed by atoms with Crippen LogP contribution in [0.3, 0.4) is 0 Å². The third-order valence-corrected chi connectivity index (χ3v) is 0.566. The SMILES string of the molecule is [O]=[Cr+](=[O])([O-])[Cl].c1ccncc1. The monoisotopic (exact) mass is 214 g/mol. The van der Waals surface area contributed by atoms with Crippen LogP contribution < -0.4 is 4.16 Å². The maximum atomic E-state index is 8.91. The second-order valence-corrected chi connectivity index (χ2v) is 4.20. The average molecular weight is 215 g/mol. The van der Waals surface area contributed by atoms with Crippen molar-refractivity contribution in [3.8, 4) is 0 Å². The Bertz CT molecular complexity index is 238. The summed E-state index contributed by atoms with van der Waals surface area (Å²) >= 11 is -5.03. The van der Waals surface area contributed by atoms with E-state index in [1.165, 1.54) is 0 Å². The van der Waals surface area contributed by atoms with Crippen molar-refractivity contribution in [1.82, 2.24) is 4.98 Å². The first-order chi connectivity index (χ1) is 5.00. The van der Waals surface area contributed by atoms with Crippen LogP contribution in [0, 0.1) is 0 Å². The van der Waals surface area contributed by atoms with Crippen LogP contribution in [0.25, 0.3) is 0 Å². The average Bonchev–Trinajstić information content (AvgIpc) is 1.88. The van der Waals surface area contributed by atoms with Crippen molar-refractivity contribution in [3.63, 3.8) is 0 Å². The van der Waals surface area contributed by atoms with Crippen molar-refractivity contribution in [2.45, 2.75) is 0 Å². The van der Waals surface area contributed by atoms with Crippen molar-refractivity contribution in [1.29, 1.82) is 0 Å². The van der Waals surface area contributed by atoms with Gasteiger partial charge in [-0.2, -0.15) is 0 Å². The number of halogens is 1. The zero-order valence-corrected chi connectivity index (χ0v) is 7.38. The maximum absolute atomic E-state index is 8.91. The fourth-order valence-corrected chi connectivity index (χ4v) is 0.313. The van der Waals surface area contributed by atoms with Gasteiger partial charge in [0.05, 0.1) is 0 Å². The van der Waals surface area contributed by atoms with E-state index >= 15 is 0 Å². The van der Waals surface area contributed by atoms with Crippen LogP contribution in [0.2, 0.25) is 0 Å². The Labute approximate surface area is 70.1 Å². The standard InChI is InChI=1S/C5H5N.ClH.Cr.3O/c1-2-4-6-5-3-1;;;;;/h1-5H;1H;;;;/q;;+2;;;-1/p-1. The predicted octanol–water partition coefficient (Wildman–Crippen LogP) is 0.342. The fraction of sp³-hybridized carbons (Fsp3) is 0. The molecule has 0 atom stereocenters. The van der Waals surface area contributed by atoms with Crippen molar-refractivity contribution in [3.05, 3.63) is 30.6 Å². The van der Waals surface area contributed by atoms with Gasteiger partial charge in [0, 0.05) is 12.4 Å². The molecule has 1 aromatic rings. The topological polar surface area (TPSA) is 70.1 Å². The molecule has 1 aromatic heterocycles. The molecule has 0 aliphatic heterocycles. The van der Waals surface area contributed by atoms with E-state index in [-0.39, 0.29) is 0 Å². The van der Waals surface area contributed by atoms with E-state index in [1.807, 2.05) is 18.2 Å². The van der Waals surface area contributed by atoms with Crippen molar-refractivity contribution in [2.75, 3.05) is 0 Å². The summed E-state index contributed by atoms with van der Waals surface area (Å²) < 4.78 is 26.7. The normalized spacial score (nSPS) is 9.64. The van der Waals surface area contributed by atoms with E-state index in [1.54, 1.807) is 12.4 Å². The Morgan fingerprint density at radius 3 is 1.64 bits per heavy atom. The van der Waals surface area contributed by atoms with Crippen LogP contribution in [-0.2, 0) is 20.0 Å². The largest absolute Gasteiger partial charge is 0.265 e. The van der Waals surface area contributed by atoms with Gasteiger partial charge in [-0.1, -0.05) is 6.07 Å². The molecule has 1 heterocycles. The van der Waals surface area contributed by atoms with E-state index < -0.39 is 12.4 Å². The number of nitrogens with zero attached hydrogens (tertiary/aromatic N) is 1. The van der Waals surface area contributed by atoms with Crippen molar-refractivity contribution in [2.24, 2.45) is 0 Å². The number of aromatic nitrogens is 1. The minimum absolute atomic E-state index is 1.75. The van der Waals surface area contributed by atoms with Crippen LogP contribution >= 0.6 is 10.0 Å². The van der Waals surface area contributed by atoms with Crippen molar-refractivity contribution < 1.29 is 24.1 Å². The van der Waals surface area contributed by atoms with Crippen LogP contribution in [0.4, 0.5) is 0 Å². The van der Waals surface area contributed by atoms with Gasteiger partial charge in [-0.15, -0.1) is 0 Å². The Morgan fingerprint density at radius 1 is 1.18 bits per heavy atom. The Hall–Kier alpha value is -0.468. The third-order valence-electron chi connectivity index (χ3n) is 0.566. The van der Waals surface area contributed by atoms with E-state index in [0.29, 0.717) is 0 Å². The molecule has 0 aliphatic carbocycles. The number of hydrogen-bond donors (Lipinski definition) is 0. The molecule has 0 bridgehead atoms. The van der Waals surface area contributed by atoms with Crippen LogP contribution in [-0.4, -0.2) is 4.98 Å². The molecule has 0 aliphatic rings. The molecule has 0 unspecified atom stereocenters. The fourth-order valence-electron chi connectivity index (χ4n) is 0.313. The summed E-state index contributed by atoms with van der Waals surface area (Å²) in [6.45, 7) is 0. The molecule has 4 nitrogen and oxygen atoms in total. The van der Waals surface area contributed by atoms with Gasteiger partial charge in [-0.25, -0.2) is 0 Å². The third kappa shape index (κ3) is 17.7. The molecule has 0 aromatic carbocycles. The second-order valence-electron chi connectivity index (χ2n) is 1.42. The Balaban J connectivity index is 0.000000187. The summed E-state index contributed by atoms with van der Waals surface area (Å²) in [5.41, 5.74) is 0. The molecule has 1 rings (SSSR count). The molecule has 0 saturated heterocycles. The van der Waals surface area contributed by atoms with Crippen LogP contribution in [0.15, 0.2) is 30.6 Å². The van der Waals surface area contributed by atoms with E-state index in [4.69, 9.17) is 11.8 Å². The molecule has 61 valence electrons. The van der Waals surface area contributed by atoms with Crippen molar-refractivity contribution >= 4 is 10.0 Å². The summed E-state index contributed by atoms with van der Waals surface area (Å²) in [6, 6.07) is 5.72. The molecule has 0 amide bonds. The summed E-state index contributed by atoms with van der Waals surface area (Å²) in [7, 11) is 4.02. The van der Waals surface area contributed by atoms with E-state index in [0.717, 1.165) is 0 Å². The molecule has 0 spiro atoms. The van der Waals surface area contributed by atoms with Gasteiger partial charge < -0.3 is 0 Å². The smallest absolute Gasteiger partial charge is 0.0267 e. The first kappa shape index (κ1) is 10.5. The molecule has 0 N–H and O–H groups in total. The summed E-state index contributed by atoms with van der Waals surface area (Å²) in [6.07, 6.45) is 3.50. The maximum Gasteiger partial charge on any atom is 0.0267 e. The Kier molecular flexibility index (Phi) is 5.00. The molecule has 0 saturated carbocycles. The molecule has 6 heteroatoms. The van der Waals surface area contributed by atoms with Gasteiger partial charge in [0.15, 0.2) is 0 Å². The number of hydrogen-bond acceptors (Lipinski definition) is 4. The minimum Gasteiger partial charge on any atom is -0.265 e. The van der Waals surface area contributed by atoms with E-state index in [2.05, 4.69) is 15.0 Å². The van der Waals surface area contributed by atoms with Crippen LogP contribution in [0.1, 0.15) is 0 Å². The van der Waals surface area contributed by atoms with Crippen LogP contribution in [0.5, 0.6) is 0 Å². The van der Waals surface area contributed by atoms with Gasteiger partial charge in [0.25, 0.3) is 0 Å². The summed E-state index contributed by atoms with van der Waals surface area (Å²) in [4.78, 5) is 3.78. The first-order valence-corrected chi connectivity index (χ1v) is 5.82. The second kappa shape index (κ2) is 5.22. The van der Waals surface area contributed by atoms with Gasteiger partial charge in [0.1, 0.15) is 0 Å². The zero-order chi connectivity index (χ0) is 8.74. The van der Waals surface area contributed by atoms with Gasteiger partial charge in [-0.3, -0.25) is 4.98 Å². The number of pyridine rings is 1. The first-order valence-electron chi connectivity index (χ1n) is 2.50. The van der Waals surface area contributed by atoms with Gasteiger partial charge >= 0.3 is 34.2 Å². The molecule has 0 radical (unpaired) electrons. The number of rotatable bonds is 0. The quantitative estimate of drug-likeness (QED) is 0.625. The summed E-state index contributed by atoms with van der Waals surface area (Å²) in [5.74, 6) is 0. The predicted molar refractivity (Wildman–Crippen MR) is 31.5 cm³/mol.